The van der Waals surface area contributed by atoms with Gasteiger partial charge >= 0.3 is 0 Å². The highest BCUT2D eigenvalue weighted by atomic mass is 79.9. The molecule has 0 spiro atoms. The molecule has 0 bridgehead atoms. The van der Waals surface area contributed by atoms with E-state index in [2.05, 4.69) is 15.9 Å². The van der Waals surface area contributed by atoms with Crippen LogP contribution in [0.25, 0.3) is 0 Å². The fourth-order valence-electron chi connectivity index (χ4n) is 2.81. The minimum Gasteiger partial charge on any atom is -0.383 e. The van der Waals surface area contributed by atoms with Crippen molar-refractivity contribution in [2.45, 2.75) is 25.3 Å². The Labute approximate surface area is 146 Å². The van der Waals surface area contributed by atoms with Crippen LogP contribution >= 0.6 is 15.9 Å². The Balaban J connectivity index is 1.99. The first-order valence-electron chi connectivity index (χ1n) is 7.64. The smallest absolute Gasteiger partial charge is 0.223 e. The molecular formula is C16H22BrNO4S. The summed E-state index contributed by atoms with van der Waals surface area (Å²) in [4.78, 5) is 14.3. The standard InChI is InChI=1S/C16H22BrNO4S/c1-22-9-8-18(15-7-10-23(20,21)12-15)16(19)6-5-13-3-2-4-14(17)11-13/h2-4,11,15H,5-10,12H2,1H3. The zero-order chi connectivity index (χ0) is 16.9. The molecule has 128 valence electrons. The second kappa shape index (κ2) is 8.26. The fourth-order valence-corrected chi connectivity index (χ4v) is 4.99. The van der Waals surface area contributed by atoms with Crippen molar-refractivity contribution in [2.75, 3.05) is 31.8 Å². The Morgan fingerprint density at radius 2 is 2.22 bits per heavy atom. The molecule has 5 nitrogen and oxygen atoms in total. The van der Waals surface area contributed by atoms with E-state index >= 15 is 0 Å². The summed E-state index contributed by atoms with van der Waals surface area (Å²) in [7, 11) is -1.43. The zero-order valence-corrected chi connectivity index (χ0v) is 15.6. The molecule has 1 amide bonds. The molecule has 1 aromatic rings. The number of amides is 1. The lowest BCUT2D eigenvalue weighted by molar-refractivity contribution is -0.133. The molecule has 1 heterocycles. The van der Waals surface area contributed by atoms with Crippen molar-refractivity contribution in [3.8, 4) is 0 Å². The summed E-state index contributed by atoms with van der Waals surface area (Å²) < 4.78 is 29.4. The first kappa shape index (κ1) is 18.4. The van der Waals surface area contributed by atoms with Gasteiger partial charge in [-0.05, 0) is 30.5 Å². The van der Waals surface area contributed by atoms with Gasteiger partial charge in [0, 0.05) is 30.6 Å². The lowest BCUT2D eigenvalue weighted by Gasteiger charge is -2.28. The number of nitrogens with zero attached hydrogens (tertiary/aromatic N) is 1. The number of sulfone groups is 1. The summed E-state index contributed by atoms with van der Waals surface area (Å²) in [5.74, 6) is 0.225. The molecule has 1 aromatic carbocycles. The minimum absolute atomic E-state index is 0.0101. The van der Waals surface area contributed by atoms with E-state index in [0.29, 0.717) is 32.4 Å². The van der Waals surface area contributed by atoms with Gasteiger partial charge in [-0.3, -0.25) is 4.79 Å². The average Bonchev–Trinajstić information content (AvgIpc) is 2.85. The van der Waals surface area contributed by atoms with Crippen molar-refractivity contribution in [3.63, 3.8) is 0 Å². The third-order valence-electron chi connectivity index (χ3n) is 4.02. The highest BCUT2D eigenvalue weighted by molar-refractivity contribution is 9.10. The van der Waals surface area contributed by atoms with Crippen molar-refractivity contribution in [1.82, 2.24) is 4.90 Å². The van der Waals surface area contributed by atoms with Gasteiger partial charge < -0.3 is 9.64 Å². The molecule has 1 fully saturated rings. The monoisotopic (exact) mass is 403 g/mol. The van der Waals surface area contributed by atoms with E-state index in [1.165, 1.54) is 0 Å². The Bertz CT molecular complexity index is 647. The van der Waals surface area contributed by atoms with Crippen LogP contribution in [0, 0.1) is 0 Å². The minimum atomic E-state index is -3.01. The van der Waals surface area contributed by atoms with Crippen molar-refractivity contribution in [2.24, 2.45) is 0 Å². The molecular weight excluding hydrogens is 382 g/mol. The van der Waals surface area contributed by atoms with Gasteiger partial charge in [-0.1, -0.05) is 28.1 Å². The number of rotatable bonds is 7. The molecule has 1 aliphatic rings. The number of carbonyl (C=O) groups excluding carboxylic acids is 1. The Morgan fingerprint density at radius 1 is 1.43 bits per heavy atom. The molecule has 7 heteroatoms. The van der Waals surface area contributed by atoms with Gasteiger partial charge in [-0.15, -0.1) is 0 Å². The third kappa shape index (κ3) is 5.58. The van der Waals surface area contributed by atoms with Gasteiger partial charge in [0.15, 0.2) is 9.84 Å². The number of hydrogen-bond donors (Lipinski definition) is 0. The van der Waals surface area contributed by atoms with Crippen LogP contribution in [-0.2, 0) is 25.8 Å². The summed E-state index contributed by atoms with van der Waals surface area (Å²) in [6.45, 7) is 0.854. The van der Waals surface area contributed by atoms with Crippen LogP contribution in [-0.4, -0.2) is 57.0 Å². The predicted octanol–water partition coefficient (Wildman–Crippen LogP) is 2.04. The van der Waals surface area contributed by atoms with E-state index in [4.69, 9.17) is 4.74 Å². The van der Waals surface area contributed by atoms with Crippen molar-refractivity contribution in [3.05, 3.63) is 34.3 Å². The molecule has 23 heavy (non-hydrogen) atoms. The van der Waals surface area contributed by atoms with E-state index in [1.807, 2.05) is 24.3 Å². The maximum Gasteiger partial charge on any atom is 0.223 e. The van der Waals surface area contributed by atoms with Gasteiger partial charge in [-0.2, -0.15) is 0 Å². The van der Waals surface area contributed by atoms with Crippen LogP contribution < -0.4 is 0 Å². The van der Waals surface area contributed by atoms with Gasteiger partial charge in [0.2, 0.25) is 5.91 Å². The number of carbonyl (C=O) groups is 1. The number of halogens is 1. The van der Waals surface area contributed by atoms with Crippen molar-refractivity contribution >= 4 is 31.7 Å². The number of aryl methyl sites for hydroxylation is 1. The normalized spacial score (nSPS) is 19.7. The molecule has 1 unspecified atom stereocenters. The molecule has 0 aliphatic carbocycles. The van der Waals surface area contributed by atoms with Crippen LogP contribution in [0.3, 0.4) is 0 Å². The summed E-state index contributed by atoms with van der Waals surface area (Å²) in [5, 5.41) is 0. The number of hydrogen-bond acceptors (Lipinski definition) is 4. The summed E-state index contributed by atoms with van der Waals surface area (Å²) >= 11 is 3.42. The molecule has 0 radical (unpaired) electrons. The summed E-state index contributed by atoms with van der Waals surface area (Å²) in [5.41, 5.74) is 1.08. The van der Waals surface area contributed by atoms with Gasteiger partial charge in [0.1, 0.15) is 0 Å². The maximum atomic E-state index is 12.6. The molecule has 1 saturated heterocycles. The topological polar surface area (TPSA) is 63.7 Å². The molecule has 0 saturated carbocycles. The van der Waals surface area contributed by atoms with E-state index in [-0.39, 0.29) is 23.5 Å². The van der Waals surface area contributed by atoms with Crippen molar-refractivity contribution in [1.29, 1.82) is 0 Å². The highest BCUT2D eigenvalue weighted by Gasteiger charge is 2.34. The largest absolute Gasteiger partial charge is 0.383 e. The average molecular weight is 404 g/mol. The molecule has 0 aromatic heterocycles. The molecule has 1 aliphatic heterocycles. The van der Waals surface area contributed by atoms with Crippen LogP contribution in [0.1, 0.15) is 18.4 Å². The quantitative estimate of drug-likeness (QED) is 0.698. The number of benzene rings is 1. The van der Waals surface area contributed by atoms with Gasteiger partial charge in [0.25, 0.3) is 0 Å². The van der Waals surface area contributed by atoms with Crippen LogP contribution in [0.5, 0.6) is 0 Å². The van der Waals surface area contributed by atoms with E-state index < -0.39 is 9.84 Å². The Hall–Kier alpha value is -0.920. The Kier molecular flexibility index (Phi) is 6.61. The second-order valence-electron chi connectivity index (χ2n) is 5.77. The van der Waals surface area contributed by atoms with Crippen LogP contribution in [0.4, 0.5) is 0 Å². The number of ether oxygens (including phenoxy) is 1. The molecule has 2 rings (SSSR count). The SMILES string of the molecule is COCCN(C(=O)CCc1cccc(Br)c1)C1CCS(=O)(=O)C1. The van der Waals surface area contributed by atoms with E-state index in [9.17, 15) is 13.2 Å². The van der Waals surface area contributed by atoms with Crippen LogP contribution in [0.2, 0.25) is 0 Å². The summed E-state index contributed by atoms with van der Waals surface area (Å²) in [6, 6.07) is 7.64. The highest BCUT2D eigenvalue weighted by Crippen LogP contribution is 2.19. The van der Waals surface area contributed by atoms with Crippen molar-refractivity contribution < 1.29 is 17.9 Å². The van der Waals surface area contributed by atoms with Crippen LogP contribution in [0.15, 0.2) is 28.7 Å². The predicted molar refractivity (Wildman–Crippen MR) is 93.1 cm³/mol. The lowest BCUT2D eigenvalue weighted by atomic mass is 10.1. The molecule has 1 atom stereocenters. The summed E-state index contributed by atoms with van der Waals surface area (Å²) in [6.07, 6.45) is 1.53. The van der Waals surface area contributed by atoms with Gasteiger partial charge in [0.05, 0.1) is 18.1 Å². The second-order valence-corrected chi connectivity index (χ2v) is 8.91. The lowest BCUT2D eigenvalue weighted by Crippen LogP contribution is -2.43. The molecule has 0 N–H and O–H groups in total. The zero-order valence-electron chi connectivity index (χ0n) is 13.2. The first-order chi connectivity index (χ1) is 10.9. The third-order valence-corrected chi connectivity index (χ3v) is 6.27. The van der Waals surface area contributed by atoms with Gasteiger partial charge in [-0.25, -0.2) is 8.42 Å². The van der Waals surface area contributed by atoms with E-state index in [0.717, 1.165) is 10.0 Å². The van der Waals surface area contributed by atoms with E-state index in [1.54, 1.807) is 12.0 Å². The first-order valence-corrected chi connectivity index (χ1v) is 10.3. The Morgan fingerprint density at radius 3 is 2.83 bits per heavy atom. The number of methoxy groups -OCH3 is 1. The fraction of sp³-hybridized carbons (Fsp3) is 0.562. The maximum absolute atomic E-state index is 12.6.